The molecule has 2 unspecified atom stereocenters. The quantitative estimate of drug-likeness (QED) is 0.659. The Labute approximate surface area is 137 Å². The van der Waals surface area contributed by atoms with Gasteiger partial charge in [-0.1, -0.05) is 42.5 Å². The molecule has 2 nitrogen and oxygen atoms in total. The molecule has 120 valence electrons. The number of halogens is 2. The van der Waals surface area contributed by atoms with Crippen molar-refractivity contribution in [2.45, 2.75) is 31.9 Å². The molecule has 4 heteroatoms. The summed E-state index contributed by atoms with van der Waals surface area (Å²) in [6.45, 7) is 2.98. The first-order valence-corrected chi connectivity index (χ1v) is 7.47. The highest BCUT2D eigenvalue weighted by Gasteiger charge is 2.18. The van der Waals surface area contributed by atoms with Gasteiger partial charge in [0.2, 0.25) is 0 Å². The first kappa shape index (κ1) is 18.6. The van der Waals surface area contributed by atoms with Crippen molar-refractivity contribution < 1.29 is 27.2 Å². The highest BCUT2D eigenvalue weighted by molar-refractivity contribution is 5.18. The average molecular weight is 324 g/mol. The fourth-order valence-corrected chi connectivity index (χ4v) is 2.42. The number of aliphatic hydroxyl groups is 1. The Morgan fingerprint density at radius 1 is 1.05 bits per heavy atom. The van der Waals surface area contributed by atoms with E-state index in [0.717, 1.165) is 30.5 Å². The first-order chi connectivity index (χ1) is 10.2. The van der Waals surface area contributed by atoms with Crippen LogP contribution in [0.2, 0.25) is 0 Å². The van der Waals surface area contributed by atoms with Crippen molar-refractivity contribution in [3.8, 4) is 0 Å². The molecule has 0 aliphatic rings. The van der Waals surface area contributed by atoms with Gasteiger partial charge in [-0.15, -0.1) is 0 Å². The predicted molar refractivity (Wildman–Crippen MR) is 82.4 cm³/mol. The fraction of sp³-hybridized carbons (Fsp3) is 0.333. The van der Waals surface area contributed by atoms with Crippen molar-refractivity contribution in [3.63, 3.8) is 0 Å². The molecule has 0 aromatic heterocycles. The topological polar surface area (TPSA) is 36.8 Å². The van der Waals surface area contributed by atoms with E-state index in [1.165, 1.54) is 12.1 Å². The van der Waals surface area contributed by atoms with Crippen LogP contribution in [0.4, 0.5) is 4.39 Å². The van der Waals surface area contributed by atoms with E-state index in [-0.39, 0.29) is 24.3 Å². The number of benzene rings is 2. The molecule has 3 N–H and O–H groups in total. The van der Waals surface area contributed by atoms with Crippen LogP contribution in [0.15, 0.2) is 54.6 Å². The largest absolute Gasteiger partial charge is 1.00 e. The molecule has 0 radical (unpaired) electrons. The summed E-state index contributed by atoms with van der Waals surface area (Å²) in [6, 6.07) is 16.5. The maximum absolute atomic E-state index is 12.8. The summed E-state index contributed by atoms with van der Waals surface area (Å²) in [5, 5.41) is 12.4. The lowest BCUT2D eigenvalue weighted by molar-refractivity contribution is -0.694. The third-order valence-corrected chi connectivity index (χ3v) is 3.76. The van der Waals surface area contributed by atoms with Gasteiger partial charge in [-0.25, -0.2) is 4.39 Å². The maximum Gasteiger partial charge on any atom is 0.130 e. The van der Waals surface area contributed by atoms with Gasteiger partial charge in [-0.3, -0.25) is 0 Å². The summed E-state index contributed by atoms with van der Waals surface area (Å²) >= 11 is 0. The zero-order valence-corrected chi connectivity index (χ0v) is 13.5. The second-order valence-electron chi connectivity index (χ2n) is 5.47. The number of nitrogens with two attached hydrogens (primary N) is 1. The molecule has 22 heavy (non-hydrogen) atoms. The number of hydrogen-bond donors (Lipinski definition) is 2. The van der Waals surface area contributed by atoms with E-state index in [0.29, 0.717) is 0 Å². The highest BCUT2D eigenvalue weighted by Crippen LogP contribution is 2.13. The van der Waals surface area contributed by atoms with Crippen molar-refractivity contribution in [2.24, 2.45) is 0 Å². The molecular formula is C18H23ClFNO. The van der Waals surface area contributed by atoms with E-state index in [2.05, 4.69) is 5.32 Å². The van der Waals surface area contributed by atoms with E-state index in [1.807, 2.05) is 49.4 Å². The van der Waals surface area contributed by atoms with Gasteiger partial charge in [-0.05, 0) is 36.6 Å². The number of rotatable bonds is 7. The lowest BCUT2D eigenvalue weighted by atomic mass is 10.0. The minimum Gasteiger partial charge on any atom is -1.00 e. The summed E-state index contributed by atoms with van der Waals surface area (Å²) in [7, 11) is 0. The SMILES string of the molecule is CC([NH2+]CCCc1ccc(F)cc1)C(O)c1ccccc1.[Cl-]. The van der Waals surface area contributed by atoms with Crippen molar-refractivity contribution >= 4 is 0 Å². The summed E-state index contributed by atoms with van der Waals surface area (Å²) in [4.78, 5) is 0. The molecule has 0 bridgehead atoms. The number of quaternary nitrogens is 1. The Kier molecular flexibility index (Phi) is 8.10. The van der Waals surface area contributed by atoms with Crippen LogP contribution < -0.4 is 17.7 Å². The summed E-state index contributed by atoms with van der Waals surface area (Å²) in [5.41, 5.74) is 2.11. The van der Waals surface area contributed by atoms with Gasteiger partial charge in [0.05, 0.1) is 6.54 Å². The molecule has 2 aromatic rings. The molecule has 2 aromatic carbocycles. The summed E-state index contributed by atoms with van der Waals surface area (Å²) in [6.07, 6.45) is 1.50. The van der Waals surface area contributed by atoms with Gasteiger partial charge in [0, 0.05) is 6.42 Å². The van der Waals surface area contributed by atoms with E-state index in [4.69, 9.17) is 0 Å². The van der Waals surface area contributed by atoms with Crippen LogP contribution in [0.3, 0.4) is 0 Å². The molecule has 0 fully saturated rings. The van der Waals surface area contributed by atoms with E-state index >= 15 is 0 Å². The lowest BCUT2D eigenvalue weighted by Crippen LogP contribution is -3.00. The van der Waals surface area contributed by atoms with Crippen molar-refractivity contribution in [3.05, 3.63) is 71.5 Å². The summed E-state index contributed by atoms with van der Waals surface area (Å²) in [5.74, 6) is -0.190. The molecule has 0 saturated carbocycles. The molecule has 0 aliphatic heterocycles. The standard InChI is InChI=1S/C18H22FNO.ClH/c1-14(18(21)16-7-3-2-4-8-16)20-13-5-6-15-9-11-17(19)12-10-15;/h2-4,7-12,14,18,20-21H,5-6,13H2,1H3;1H. The van der Waals surface area contributed by atoms with Gasteiger partial charge in [0.25, 0.3) is 0 Å². The molecule has 0 amide bonds. The molecule has 0 heterocycles. The smallest absolute Gasteiger partial charge is 0.130 e. The second-order valence-corrected chi connectivity index (χ2v) is 5.47. The van der Waals surface area contributed by atoms with Crippen LogP contribution in [0.25, 0.3) is 0 Å². The fourth-order valence-electron chi connectivity index (χ4n) is 2.42. The molecule has 2 atom stereocenters. The zero-order valence-electron chi connectivity index (χ0n) is 12.8. The lowest BCUT2D eigenvalue weighted by Gasteiger charge is -2.17. The Hall–Kier alpha value is -1.42. The van der Waals surface area contributed by atoms with Crippen molar-refractivity contribution in [1.82, 2.24) is 0 Å². The number of aliphatic hydroxyl groups excluding tert-OH is 1. The van der Waals surface area contributed by atoms with Crippen LogP contribution in [-0.2, 0) is 6.42 Å². The van der Waals surface area contributed by atoms with E-state index in [1.54, 1.807) is 0 Å². The van der Waals surface area contributed by atoms with Gasteiger partial charge in [0.1, 0.15) is 18.0 Å². The second kappa shape index (κ2) is 9.57. The third-order valence-electron chi connectivity index (χ3n) is 3.76. The normalized spacial score (nSPS) is 13.2. The first-order valence-electron chi connectivity index (χ1n) is 7.47. The third kappa shape index (κ3) is 5.76. The summed E-state index contributed by atoms with van der Waals surface area (Å²) < 4.78 is 12.8. The van der Waals surface area contributed by atoms with Gasteiger partial charge < -0.3 is 22.8 Å². The zero-order chi connectivity index (χ0) is 15.1. The van der Waals surface area contributed by atoms with E-state index in [9.17, 15) is 9.50 Å². The highest BCUT2D eigenvalue weighted by atomic mass is 35.5. The van der Waals surface area contributed by atoms with Gasteiger partial charge in [-0.2, -0.15) is 0 Å². The average Bonchev–Trinajstić information content (AvgIpc) is 2.53. The molecule has 0 spiro atoms. The molecule has 0 saturated heterocycles. The van der Waals surface area contributed by atoms with Crippen LogP contribution in [-0.4, -0.2) is 17.7 Å². The van der Waals surface area contributed by atoms with E-state index < -0.39 is 6.10 Å². The molecule has 2 rings (SSSR count). The van der Waals surface area contributed by atoms with Crippen LogP contribution in [0.1, 0.15) is 30.6 Å². The Bertz CT molecular complexity index is 533. The molecular weight excluding hydrogens is 301 g/mol. The van der Waals surface area contributed by atoms with Crippen molar-refractivity contribution in [1.29, 1.82) is 0 Å². The minimum absolute atomic E-state index is 0. The monoisotopic (exact) mass is 323 g/mol. The maximum atomic E-state index is 12.8. The van der Waals surface area contributed by atoms with Crippen LogP contribution >= 0.6 is 0 Å². The Morgan fingerprint density at radius 2 is 1.68 bits per heavy atom. The predicted octanol–water partition coefficient (Wildman–Crippen LogP) is -0.552. The number of aryl methyl sites for hydroxylation is 1. The minimum atomic E-state index is -0.447. The number of hydrogen-bond acceptors (Lipinski definition) is 1. The molecule has 0 aliphatic carbocycles. The Balaban J connectivity index is 0.00000242. The van der Waals surface area contributed by atoms with Crippen LogP contribution in [0.5, 0.6) is 0 Å². The van der Waals surface area contributed by atoms with Gasteiger partial charge in [0.15, 0.2) is 0 Å². The Morgan fingerprint density at radius 3 is 2.32 bits per heavy atom. The van der Waals surface area contributed by atoms with Gasteiger partial charge >= 0.3 is 0 Å². The van der Waals surface area contributed by atoms with Crippen molar-refractivity contribution in [2.75, 3.05) is 6.54 Å². The van der Waals surface area contributed by atoms with Crippen LogP contribution in [0, 0.1) is 5.82 Å².